The summed E-state index contributed by atoms with van der Waals surface area (Å²) in [6, 6.07) is 6.55. The van der Waals surface area contributed by atoms with Gasteiger partial charge in [0.1, 0.15) is 5.82 Å². The third kappa shape index (κ3) is 5.29. The van der Waals surface area contributed by atoms with Gasteiger partial charge < -0.3 is 10.6 Å². The minimum atomic E-state index is -0.284. The van der Waals surface area contributed by atoms with Crippen LogP contribution in [-0.4, -0.2) is 22.7 Å². The Morgan fingerprint density at radius 2 is 2.00 bits per heavy atom. The number of rotatable bonds is 5. The SMILES string of the molecule is Fc1ccccc1NC(=S)NCCSC1CCCCC1. The second kappa shape index (κ2) is 8.47. The van der Waals surface area contributed by atoms with Gasteiger partial charge in [0.15, 0.2) is 5.11 Å². The summed E-state index contributed by atoms with van der Waals surface area (Å²) >= 11 is 7.19. The van der Waals surface area contributed by atoms with Gasteiger partial charge in [-0.25, -0.2) is 4.39 Å². The minimum Gasteiger partial charge on any atom is -0.362 e. The summed E-state index contributed by atoms with van der Waals surface area (Å²) in [6.45, 7) is 0.821. The molecular formula is C15H21FN2S2. The number of para-hydroxylation sites is 1. The van der Waals surface area contributed by atoms with Crippen LogP contribution in [0.2, 0.25) is 0 Å². The van der Waals surface area contributed by atoms with Gasteiger partial charge in [-0.1, -0.05) is 31.4 Å². The fourth-order valence-electron chi connectivity index (χ4n) is 2.35. The van der Waals surface area contributed by atoms with Gasteiger partial charge in [0.05, 0.1) is 5.69 Å². The quantitative estimate of drug-likeness (QED) is 0.629. The molecule has 110 valence electrons. The van der Waals surface area contributed by atoms with E-state index in [9.17, 15) is 4.39 Å². The number of thiocarbonyl (C=S) groups is 1. The van der Waals surface area contributed by atoms with E-state index in [0.29, 0.717) is 10.8 Å². The molecule has 20 heavy (non-hydrogen) atoms. The maximum absolute atomic E-state index is 13.4. The Balaban J connectivity index is 1.61. The average Bonchev–Trinajstić information content (AvgIpc) is 2.47. The van der Waals surface area contributed by atoms with Gasteiger partial charge in [0.2, 0.25) is 0 Å². The Hall–Kier alpha value is -0.810. The first-order valence-electron chi connectivity index (χ1n) is 7.16. The van der Waals surface area contributed by atoms with Crippen molar-refractivity contribution in [3.8, 4) is 0 Å². The number of hydrogen-bond donors (Lipinski definition) is 2. The first-order chi connectivity index (χ1) is 9.75. The maximum Gasteiger partial charge on any atom is 0.170 e. The molecule has 0 heterocycles. The lowest BCUT2D eigenvalue weighted by Gasteiger charge is -2.21. The van der Waals surface area contributed by atoms with Crippen molar-refractivity contribution in [2.24, 2.45) is 0 Å². The van der Waals surface area contributed by atoms with E-state index in [1.165, 1.54) is 38.2 Å². The standard InChI is InChI=1S/C15H21FN2S2/c16-13-8-4-5-9-14(13)18-15(19)17-10-11-20-12-6-2-1-3-7-12/h4-5,8-9,12H,1-3,6-7,10-11H2,(H2,17,18,19). The number of hydrogen-bond acceptors (Lipinski definition) is 2. The third-order valence-electron chi connectivity index (χ3n) is 3.42. The van der Waals surface area contributed by atoms with Crippen LogP contribution in [0.3, 0.4) is 0 Å². The van der Waals surface area contributed by atoms with Crippen molar-refractivity contribution in [3.05, 3.63) is 30.1 Å². The molecule has 1 aromatic carbocycles. The Morgan fingerprint density at radius 3 is 2.75 bits per heavy atom. The van der Waals surface area contributed by atoms with Crippen molar-refractivity contribution in [2.45, 2.75) is 37.4 Å². The highest BCUT2D eigenvalue weighted by Crippen LogP contribution is 2.27. The molecule has 1 aromatic rings. The molecule has 1 saturated carbocycles. The fourth-order valence-corrected chi connectivity index (χ4v) is 3.78. The highest BCUT2D eigenvalue weighted by molar-refractivity contribution is 7.99. The first-order valence-corrected chi connectivity index (χ1v) is 8.62. The van der Waals surface area contributed by atoms with Crippen LogP contribution < -0.4 is 10.6 Å². The highest BCUT2D eigenvalue weighted by Gasteiger charge is 2.13. The van der Waals surface area contributed by atoms with E-state index in [1.54, 1.807) is 18.2 Å². The van der Waals surface area contributed by atoms with E-state index >= 15 is 0 Å². The second-order valence-electron chi connectivity index (χ2n) is 4.99. The zero-order chi connectivity index (χ0) is 14.2. The van der Waals surface area contributed by atoms with Crippen molar-refractivity contribution < 1.29 is 4.39 Å². The molecule has 0 unspecified atom stereocenters. The predicted octanol–water partition coefficient (Wildman–Crippen LogP) is 4.18. The molecule has 0 aliphatic heterocycles. The van der Waals surface area contributed by atoms with Crippen molar-refractivity contribution in [1.29, 1.82) is 0 Å². The lowest BCUT2D eigenvalue weighted by atomic mass is 10.0. The van der Waals surface area contributed by atoms with Gasteiger partial charge in [-0.3, -0.25) is 0 Å². The zero-order valence-electron chi connectivity index (χ0n) is 11.5. The summed E-state index contributed by atoms with van der Waals surface area (Å²) in [5.41, 5.74) is 0.421. The van der Waals surface area contributed by atoms with Crippen LogP contribution in [0, 0.1) is 5.82 Å². The summed E-state index contributed by atoms with van der Waals surface area (Å²) in [5, 5.41) is 7.32. The molecule has 2 rings (SSSR count). The Morgan fingerprint density at radius 1 is 1.25 bits per heavy atom. The molecule has 1 fully saturated rings. The smallest absolute Gasteiger partial charge is 0.170 e. The maximum atomic E-state index is 13.4. The molecule has 0 atom stereocenters. The number of anilines is 1. The summed E-state index contributed by atoms with van der Waals surface area (Å²) in [7, 11) is 0. The Labute approximate surface area is 129 Å². The van der Waals surface area contributed by atoms with Gasteiger partial charge in [-0.05, 0) is 37.2 Å². The van der Waals surface area contributed by atoms with E-state index in [4.69, 9.17) is 12.2 Å². The molecule has 0 aromatic heterocycles. The molecule has 5 heteroatoms. The van der Waals surface area contributed by atoms with Crippen LogP contribution in [0.25, 0.3) is 0 Å². The van der Waals surface area contributed by atoms with Crippen LogP contribution >= 0.6 is 24.0 Å². The van der Waals surface area contributed by atoms with Gasteiger partial charge in [-0.2, -0.15) is 11.8 Å². The lowest BCUT2D eigenvalue weighted by molar-refractivity contribution is 0.516. The van der Waals surface area contributed by atoms with Crippen LogP contribution in [0.4, 0.5) is 10.1 Å². The lowest BCUT2D eigenvalue weighted by Crippen LogP contribution is -2.31. The van der Waals surface area contributed by atoms with Gasteiger partial charge in [-0.15, -0.1) is 0 Å². The summed E-state index contributed by atoms with van der Waals surface area (Å²) in [5.74, 6) is 0.761. The van der Waals surface area contributed by atoms with E-state index in [0.717, 1.165) is 17.5 Å². The third-order valence-corrected chi connectivity index (χ3v) is 5.04. The number of benzene rings is 1. The average molecular weight is 312 g/mol. The molecule has 1 aliphatic rings. The van der Waals surface area contributed by atoms with Crippen LogP contribution in [-0.2, 0) is 0 Å². The van der Waals surface area contributed by atoms with Crippen LogP contribution in [0.15, 0.2) is 24.3 Å². The fraction of sp³-hybridized carbons (Fsp3) is 0.533. The number of halogens is 1. The van der Waals surface area contributed by atoms with E-state index < -0.39 is 0 Å². The monoisotopic (exact) mass is 312 g/mol. The van der Waals surface area contributed by atoms with E-state index in [2.05, 4.69) is 10.6 Å². The largest absolute Gasteiger partial charge is 0.362 e. The molecule has 2 N–H and O–H groups in total. The molecule has 2 nitrogen and oxygen atoms in total. The molecule has 0 spiro atoms. The molecule has 0 radical (unpaired) electrons. The summed E-state index contributed by atoms with van der Waals surface area (Å²) < 4.78 is 13.4. The van der Waals surface area contributed by atoms with Crippen LogP contribution in [0.1, 0.15) is 32.1 Å². The molecule has 1 aliphatic carbocycles. The molecular weight excluding hydrogens is 291 g/mol. The van der Waals surface area contributed by atoms with Crippen LogP contribution in [0.5, 0.6) is 0 Å². The molecule has 0 bridgehead atoms. The molecule has 0 amide bonds. The Bertz CT molecular complexity index is 434. The zero-order valence-corrected chi connectivity index (χ0v) is 13.2. The van der Waals surface area contributed by atoms with Crippen molar-refractivity contribution in [3.63, 3.8) is 0 Å². The number of thioether (sulfide) groups is 1. The topological polar surface area (TPSA) is 24.1 Å². The van der Waals surface area contributed by atoms with E-state index in [-0.39, 0.29) is 5.82 Å². The summed E-state index contributed by atoms with van der Waals surface area (Å²) in [6.07, 6.45) is 6.84. The predicted molar refractivity (Wildman–Crippen MR) is 90.0 cm³/mol. The molecule has 0 saturated heterocycles. The number of nitrogens with one attached hydrogen (secondary N) is 2. The summed E-state index contributed by atoms with van der Waals surface area (Å²) in [4.78, 5) is 0. The van der Waals surface area contributed by atoms with Gasteiger partial charge in [0.25, 0.3) is 0 Å². The van der Waals surface area contributed by atoms with E-state index in [1.807, 2.05) is 11.8 Å². The highest BCUT2D eigenvalue weighted by atomic mass is 32.2. The normalized spacial score (nSPS) is 15.8. The van der Waals surface area contributed by atoms with Gasteiger partial charge >= 0.3 is 0 Å². The van der Waals surface area contributed by atoms with Crippen molar-refractivity contribution >= 4 is 34.8 Å². The van der Waals surface area contributed by atoms with Gasteiger partial charge in [0, 0.05) is 17.5 Å². The van der Waals surface area contributed by atoms with Crippen molar-refractivity contribution in [2.75, 3.05) is 17.6 Å². The first kappa shape index (κ1) is 15.6. The Kier molecular flexibility index (Phi) is 6.60. The van der Waals surface area contributed by atoms with Crippen molar-refractivity contribution in [1.82, 2.24) is 5.32 Å². The minimum absolute atomic E-state index is 0.284. The second-order valence-corrected chi connectivity index (χ2v) is 6.81.